The van der Waals surface area contributed by atoms with Crippen molar-refractivity contribution in [3.63, 3.8) is 0 Å². The molecule has 10 nitrogen and oxygen atoms in total. The van der Waals surface area contributed by atoms with Crippen LogP contribution in [-0.4, -0.2) is 42.7 Å². The first kappa shape index (κ1) is 41.0. The molecular weight excluding hydrogens is 684 g/mol. The first-order valence-corrected chi connectivity index (χ1v) is 18.3. The van der Waals surface area contributed by atoms with E-state index in [4.69, 9.17) is 28.4 Å². The fourth-order valence-corrected chi connectivity index (χ4v) is 7.87. The minimum Gasteiger partial charge on any atom is -0.380 e. The van der Waals surface area contributed by atoms with E-state index in [0.29, 0.717) is 41.6 Å². The molecule has 1 atom stereocenters. The highest BCUT2D eigenvalue weighted by molar-refractivity contribution is 5.62. The molecule has 0 amide bonds. The summed E-state index contributed by atoms with van der Waals surface area (Å²) in [5, 5.41) is 6.76. The van der Waals surface area contributed by atoms with Gasteiger partial charge in [-0.05, 0) is 92.7 Å². The summed E-state index contributed by atoms with van der Waals surface area (Å²) < 4.78 is 33.6. The molecule has 4 aromatic carbocycles. The van der Waals surface area contributed by atoms with Gasteiger partial charge < -0.3 is 28.4 Å². The summed E-state index contributed by atoms with van der Waals surface area (Å²) in [5.74, 6) is 0.492. The van der Waals surface area contributed by atoms with Gasteiger partial charge in [0.25, 0.3) is 0 Å². The van der Waals surface area contributed by atoms with Crippen LogP contribution in [0, 0.1) is 9.81 Å². The van der Waals surface area contributed by atoms with Crippen LogP contribution in [0.2, 0.25) is 0 Å². The van der Waals surface area contributed by atoms with E-state index in [1.54, 1.807) is 42.7 Å². The Morgan fingerprint density at radius 2 is 0.796 bits per heavy atom. The van der Waals surface area contributed by atoms with E-state index in [-0.39, 0.29) is 26.4 Å². The SMILES string of the molecule is COCc1cc(C(C)(C)c2ccc(C(C)(c3cc(COC)c(N=O)c(COC)c3)c3cc(COC)c(C4CC4)c(COC)c3)cc2)cc(COC)c1N=O. The zero-order valence-corrected chi connectivity index (χ0v) is 33.2. The number of nitrogens with zero attached hydrogens (tertiary/aromatic N) is 2. The number of hydrogen-bond donors (Lipinski definition) is 0. The topological polar surface area (TPSA) is 114 Å². The van der Waals surface area contributed by atoms with Gasteiger partial charge in [0.05, 0.1) is 39.6 Å². The van der Waals surface area contributed by atoms with Crippen molar-refractivity contribution in [2.75, 3.05) is 42.7 Å². The molecule has 0 N–H and O–H groups in total. The highest BCUT2D eigenvalue weighted by Crippen LogP contribution is 2.48. The van der Waals surface area contributed by atoms with E-state index in [1.807, 2.05) is 24.3 Å². The quantitative estimate of drug-likeness (QED) is 0.0650. The second kappa shape index (κ2) is 18.0. The summed E-state index contributed by atoms with van der Waals surface area (Å²) in [5.41, 5.74) is 11.1. The molecule has 288 valence electrons. The molecule has 1 unspecified atom stereocenters. The third kappa shape index (κ3) is 8.24. The maximum atomic E-state index is 12.2. The molecule has 0 saturated heterocycles. The Hall–Kier alpha value is -4.16. The van der Waals surface area contributed by atoms with Gasteiger partial charge in [-0.15, -0.1) is 9.81 Å². The molecule has 1 saturated carbocycles. The van der Waals surface area contributed by atoms with E-state index in [1.165, 1.54) is 5.56 Å². The van der Waals surface area contributed by atoms with Crippen LogP contribution in [0.4, 0.5) is 11.4 Å². The lowest BCUT2D eigenvalue weighted by molar-refractivity contribution is 0.178. The zero-order chi connectivity index (χ0) is 39.0. The van der Waals surface area contributed by atoms with Gasteiger partial charge >= 0.3 is 0 Å². The van der Waals surface area contributed by atoms with Crippen molar-refractivity contribution in [1.29, 1.82) is 0 Å². The van der Waals surface area contributed by atoms with Crippen LogP contribution in [-0.2, 0) is 78.9 Å². The Bertz CT molecular complexity index is 1850. The molecule has 10 heteroatoms. The van der Waals surface area contributed by atoms with Gasteiger partial charge in [-0.25, -0.2) is 0 Å². The Morgan fingerprint density at radius 3 is 1.13 bits per heavy atom. The van der Waals surface area contributed by atoms with Crippen LogP contribution >= 0.6 is 0 Å². The Balaban J connectivity index is 1.75. The smallest absolute Gasteiger partial charge is 0.119 e. The molecular formula is C44H54N2O8. The van der Waals surface area contributed by atoms with E-state index >= 15 is 0 Å². The second-order valence-corrected chi connectivity index (χ2v) is 14.9. The largest absolute Gasteiger partial charge is 0.380 e. The molecule has 0 bridgehead atoms. The molecule has 54 heavy (non-hydrogen) atoms. The van der Waals surface area contributed by atoms with Crippen LogP contribution in [0.25, 0.3) is 0 Å². The van der Waals surface area contributed by atoms with E-state index < -0.39 is 10.8 Å². The van der Waals surface area contributed by atoms with Gasteiger partial charge in [0, 0.05) is 75.7 Å². The first-order chi connectivity index (χ1) is 26.0. The van der Waals surface area contributed by atoms with Crippen molar-refractivity contribution in [3.8, 4) is 0 Å². The van der Waals surface area contributed by atoms with Crippen molar-refractivity contribution in [1.82, 2.24) is 0 Å². The molecule has 0 aromatic heterocycles. The molecule has 0 spiro atoms. The van der Waals surface area contributed by atoms with Crippen molar-refractivity contribution < 1.29 is 28.4 Å². The lowest BCUT2D eigenvalue weighted by atomic mass is 9.68. The van der Waals surface area contributed by atoms with Gasteiger partial charge in [-0.1, -0.05) is 62.4 Å². The van der Waals surface area contributed by atoms with Crippen LogP contribution in [0.3, 0.4) is 0 Å². The van der Waals surface area contributed by atoms with Gasteiger partial charge in [-0.2, -0.15) is 0 Å². The third-order valence-corrected chi connectivity index (χ3v) is 10.9. The summed E-state index contributed by atoms with van der Waals surface area (Å²) in [6.45, 7) is 8.46. The highest BCUT2D eigenvalue weighted by atomic mass is 16.5. The zero-order valence-electron chi connectivity index (χ0n) is 33.2. The van der Waals surface area contributed by atoms with Crippen molar-refractivity contribution >= 4 is 11.4 Å². The first-order valence-electron chi connectivity index (χ1n) is 18.3. The Morgan fingerprint density at radius 1 is 0.481 bits per heavy atom. The van der Waals surface area contributed by atoms with Crippen LogP contribution in [0.15, 0.2) is 71.0 Å². The number of methoxy groups -OCH3 is 6. The summed E-state index contributed by atoms with van der Waals surface area (Å²) in [6, 6.07) is 21.4. The van der Waals surface area contributed by atoms with Crippen LogP contribution in [0.1, 0.15) is 106 Å². The maximum Gasteiger partial charge on any atom is 0.119 e. The monoisotopic (exact) mass is 738 g/mol. The minimum absolute atomic E-state index is 0.216. The average Bonchev–Trinajstić information content (AvgIpc) is 4.00. The van der Waals surface area contributed by atoms with Crippen molar-refractivity contribution in [2.24, 2.45) is 10.4 Å². The molecule has 5 rings (SSSR count). The van der Waals surface area contributed by atoms with E-state index in [0.717, 1.165) is 62.9 Å². The predicted molar refractivity (Wildman–Crippen MR) is 211 cm³/mol. The normalized spacial score (nSPS) is 14.2. The molecule has 4 aromatic rings. The summed E-state index contributed by atoms with van der Waals surface area (Å²) in [4.78, 5) is 24.1. The number of ether oxygens (including phenoxy) is 6. The lowest BCUT2D eigenvalue weighted by Gasteiger charge is -2.35. The Labute approximate surface area is 319 Å². The fraction of sp³-hybridized carbons (Fsp3) is 0.455. The van der Waals surface area contributed by atoms with Crippen molar-refractivity contribution in [2.45, 2.75) is 90.0 Å². The molecule has 1 fully saturated rings. The minimum atomic E-state index is -0.712. The maximum absolute atomic E-state index is 12.2. The Kier molecular flexibility index (Phi) is 13.7. The standard InChI is InChI=1S/C44H54N2O8/c1-43(2,37-18-31(24-51-6)41(45-47)32(19-37)25-52-7)35-12-14-36(15-13-35)44(3,39-20-33(26-53-8)42(46-48)34(21-39)27-54-9)38-16-29(22-49-4)40(28-10-11-28)30(17-38)23-50-5/h12-21,28H,10-11,22-27H2,1-9H3. The summed E-state index contributed by atoms with van der Waals surface area (Å²) in [6.07, 6.45) is 2.30. The number of benzene rings is 4. The number of rotatable bonds is 20. The molecule has 1 aliphatic carbocycles. The molecule has 0 heterocycles. The highest BCUT2D eigenvalue weighted by Gasteiger charge is 2.37. The van der Waals surface area contributed by atoms with Gasteiger partial charge in [0.2, 0.25) is 0 Å². The number of nitroso groups, excluding NO2 is 2. The van der Waals surface area contributed by atoms with Gasteiger partial charge in [0.1, 0.15) is 11.4 Å². The fourth-order valence-electron chi connectivity index (χ4n) is 7.87. The van der Waals surface area contributed by atoms with Gasteiger partial charge in [-0.3, -0.25) is 0 Å². The van der Waals surface area contributed by atoms with E-state index in [2.05, 4.69) is 67.5 Å². The number of hydrogen-bond acceptors (Lipinski definition) is 10. The average molecular weight is 739 g/mol. The van der Waals surface area contributed by atoms with Crippen LogP contribution in [0.5, 0.6) is 0 Å². The summed E-state index contributed by atoms with van der Waals surface area (Å²) >= 11 is 0. The van der Waals surface area contributed by atoms with Crippen LogP contribution < -0.4 is 0 Å². The lowest BCUT2D eigenvalue weighted by Crippen LogP contribution is -2.27. The predicted octanol–water partition coefficient (Wildman–Crippen LogP) is 9.92. The van der Waals surface area contributed by atoms with Gasteiger partial charge in [0.15, 0.2) is 0 Å². The molecule has 1 aliphatic rings. The molecule has 0 aliphatic heterocycles. The molecule has 0 radical (unpaired) electrons. The van der Waals surface area contributed by atoms with Crippen molar-refractivity contribution in [3.05, 3.63) is 137 Å². The summed E-state index contributed by atoms with van der Waals surface area (Å²) in [7, 11) is 9.90. The van der Waals surface area contributed by atoms with E-state index in [9.17, 15) is 9.81 Å². The second-order valence-electron chi connectivity index (χ2n) is 14.9. The third-order valence-electron chi connectivity index (χ3n) is 10.9.